The summed E-state index contributed by atoms with van der Waals surface area (Å²) < 4.78 is 0. The second-order valence-electron chi connectivity index (χ2n) is 2.61. The highest BCUT2D eigenvalue weighted by Crippen LogP contribution is 2.19. The normalized spacial score (nSPS) is 9.50. The average Bonchev–Trinajstić information content (AvgIpc) is 2.05. The predicted octanol–water partition coefficient (Wildman–Crippen LogP) is 1.51. The first kappa shape index (κ1) is 8.59. The lowest BCUT2D eigenvalue weighted by Crippen LogP contribution is -1.99. The maximum Gasteiger partial charge on any atom is 0.159 e. The topological polar surface area (TPSA) is 55.1 Å². The highest BCUT2D eigenvalue weighted by atomic mass is 16.1. The molecule has 3 nitrogen and oxygen atoms in total. The van der Waals surface area contributed by atoms with Crippen LogP contribution in [0.5, 0.6) is 0 Å². The highest BCUT2D eigenvalue weighted by Gasteiger charge is 2.01. The number of nitrogen functional groups attached to an aromatic ring is 1. The van der Waals surface area contributed by atoms with Gasteiger partial charge in [0.25, 0.3) is 0 Å². The number of nitrogens with two attached hydrogens (primary N) is 1. The number of hydrogen-bond donors (Lipinski definition) is 2. The van der Waals surface area contributed by atoms with E-state index in [1.165, 1.54) is 6.92 Å². The molecule has 0 unspecified atom stereocenters. The third-order valence-electron chi connectivity index (χ3n) is 1.73. The van der Waals surface area contributed by atoms with Gasteiger partial charge < -0.3 is 11.1 Å². The summed E-state index contributed by atoms with van der Waals surface area (Å²) in [7, 11) is 1.77. The molecule has 0 bridgehead atoms. The van der Waals surface area contributed by atoms with Crippen LogP contribution in [-0.2, 0) is 0 Å². The van der Waals surface area contributed by atoms with Gasteiger partial charge in [-0.25, -0.2) is 0 Å². The van der Waals surface area contributed by atoms with E-state index < -0.39 is 0 Å². The van der Waals surface area contributed by atoms with Crippen molar-refractivity contribution < 1.29 is 4.79 Å². The van der Waals surface area contributed by atoms with Gasteiger partial charge in [0.15, 0.2) is 5.78 Å². The molecule has 1 rings (SSSR count). The number of hydrogen-bond acceptors (Lipinski definition) is 3. The molecular formula is C9H12N2O. The van der Waals surface area contributed by atoms with Crippen LogP contribution in [0, 0.1) is 0 Å². The van der Waals surface area contributed by atoms with Gasteiger partial charge >= 0.3 is 0 Å². The van der Waals surface area contributed by atoms with Crippen LogP contribution >= 0.6 is 0 Å². The number of Topliss-reactive ketones (excluding diaryl/α,β-unsaturated/α-hetero) is 1. The van der Waals surface area contributed by atoms with Gasteiger partial charge in [0.2, 0.25) is 0 Å². The molecule has 0 amide bonds. The average molecular weight is 164 g/mol. The van der Waals surface area contributed by atoms with E-state index in [0.717, 1.165) is 5.69 Å². The SMILES string of the molecule is CNc1cc(C(C)=O)ccc1N. The van der Waals surface area contributed by atoms with Crippen LogP contribution in [0.4, 0.5) is 11.4 Å². The lowest BCUT2D eigenvalue weighted by molar-refractivity contribution is 0.101. The fourth-order valence-electron chi connectivity index (χ4n) is 0.992. The zero-order valence-electron chi connectivity index (χ0n) is 7.22. The molecule has 0 saturated heterocycles. The van der Waals surface area contributed by atoms with E-state index in [9.17, 15) is 4.79 Å². The quantitative estimate of drug-likeness (QED) is 0.514. The number of ketones is 1. The summed E-state index contributed by atoms with van der Waals surface area (Å²) in [4.78, 5) is 11.0. The monoisotopic (exact) mass is 164 g/mol. The van der Waals surface area contributed by atoms with Gasteiger partial charge in [0, 0.05) is 12.6 Å². The molecule has 0 radical (unpaired) electrons. The Hall–Kier alpha value is -1.51. The molecule has 0 saturated carbocycles. The van der Waals surface area contributed by atoms with Gasteiger partial charge in [-0.1, -0.05) is 0 Å². The van der Waals surface area contributed by atoms with Crippen molar-refractivity contribution in [3.8, 4) is 0 Å². The molecule has 0 spiro atoms. The molecule has 0 fully saturated rings. The van der Waals surface area contributed by atoms with E-state index in [1.807, 2.05) is 0 Å². The van der Waals surface area contributed by atoms with E-state index in [-0.39, 0.29) is 5.78 Å². The Morgan fingerprint density at radius 1 is 1.50 bits per heavy atom. The molecular weight excluding hydrogens is 152 g/mol. The van der Waals surface area contributed by atoms with Crippen LogP contribution in [0.2, 0.25) is 0 Å². The number of benzene rings is 1. The first-order chi connectivity index (χ1) is 5.65. The smallest absolute Gasteiger partial charge is 0.159 e. The predicted molar refractivity (Wildman–Crippen MR) is 50.4 cm³/mol. The second kappa shape index (κ2) is 3.26. The lowest BCUT2D eigenvalue weighted by Gasteiger charge is -2.05. The zero-order chi connectivity index (χ0) is 9.14. The molecule has 3 heteroatoms. The van der Waals surface area contributed by atoms with E-state index in [0.29, 0.717) is 11.3 Å². The number of nitrogens with one attached hydrogen (secondary N) is 1. The van der Waals surface area contributed by atoms with E-state index >= 15 is 0 Å². The van der Waals surface area contributed by atoms with Gasteiger partial charge in [0.05, 0.1) is 11.4 Å². The first-order valence-corrected chi connectivity index (χ1v) is 3.73. The Balaban J connectivity index is 3.13. The van der Waals surface area contributed by atoms with E-state index in [4.69, 9.17) is 5.73 Å². The zero-order valence-corrected chi connectivity index (χ0v) is 7.22. The standard InChI is InChI=1S/C9H12N2O/c1-6(12)7-3-4-8(10)9(5-7)11-2/h3-5,11H,10H2,1-2H3. The van der Waals surface area contributed by atoms with Crippen molar-refractivity contribution in [3.05, 3.63) is 23.8 Å². The van der Waals surface area contributed by atoms with Crippen molar-refractivity contribution in [2.24, 2.45) is 0 Å². The van der Waals surface area contributed by atoms with E-state index in [2.05, 4.69) is 5.32 Å². The molecule has 1 aromatic carbocycles. The maximum atomic E-state index is 11.0. The molecule has 3 N–H and O–H groups in total. The Kier molecular flexibility index (Phi) is 2.33. The second-order valence-corrected chi connectivity index (χ2v) is 2.61. The minimum atomic E-state index is 0.0477. The Bertz CT molecular complexity index is 307. The fourth-order valence-corrected chi connectivity index (χ4v) is 0.992. The van der Waals surface area contributed by atoms with Crippen LogP contribution in [0.25, 0.3) is 0 Å². The number of carbonyl (C=O) groups is 1. The minimum absolute atomic E-state index is 0.0477. The largest absolute Gasteiger partial charge is 0.397 e. The summed E-state index contributed by atoms with van der Waals surface area (Å²) >= 11 is 0. The minimum Gasteiger partial charge on any atom is -0.397 e. The van der Waals surface area contributed by atoms with Crippen LogP contribution in [0.3, 0.4) is 0 Å². The molecule has 64 valence electrons. The van der Waals surface area contributed by atoms with Crippen molar-refractivity contribution in [2.75, 3.05) is 18.1 Å². The molecule has 0 heterocycles. The summed E-state index contributed by atoms with van der Waals surface area (Å²) in [6, 6.07) is 5.19. The van der Waals surface area contributed by atoms with Crippen molar-refractivity contribution in [1.82, 2.24) is 0 Å². The fraction of sp³-hybridized carbons (Fsp3) is 0.222. The van der Waals surface area contributed by atoms with Crippen LogP contribution < -0.4 is 11.1 Å². The third kappa shape index (κ3) is 1.56. The molecule has 0 aliphatic carbocycles. The number of carbonyl (C=O) groups excluding carboxylic acids is 1. The van der Waals surface area contributed by atoms with Crippen molar-refractivity contribution in [2.45, 2.75) is 6.92 Å². The molecule has 0 aliphatic rings. The first-order valence-electron chi connectivity index (χ1n) is 3.73. The summed E-state index contributed by atoms with van der Waals surface area (Å²) in [6.45, 7) is 1.53. The molecule has 0 aromatic heterocycles. The lowest BCUT2D eigenvalue weighted by atomic mass is 10.1. The van der Waals surface area contributed by atoms with Crippen LogP contribution in [0.15, 0.2) is 18.2 Å². The van der Waals surface area contributed by atoms with Crippen LogP contribution in [0.1, 0.15) is 17.3 Å². The maximum absolute atomic E-state index is 11.0. The summed E-state index contributed by atoms with van der Waals surface area (Å²) in [5.74, 6) is 0.0477. The summed E-state index contributed by atoms with van der Waals surface area (Å²) in [6.07, 6.45) is 0. The van der Waals surface area contributed by atoms with Gasteiger partial charge in [-0.2, -0.15) is 0 Å². The Labute approximate surface area is 71.6 Å². The molecule has 1 aromatic rings. The van der Waals surface area contributed by atoms with Crippen molar-refractivity contribution in [3.63, 3.8) is 0 Å². The molecule has 0 aliphatic heterocycles. The van der Waals surface area contributed by atoms with Gasteiger partial charge in [-0.3, -0.25) is 4.79 Å². The molecule has 0 atom stereocenters. The van der Waals surface area contributed by atoms with E-state index in [1.54, 1.807) is 25.2 Å². The molecule has 12 heavy (non-hydrogen) atoms. The van der Waals surface area contributed by atoms with Crippen molar-refractivity contribution in [1.29, 1.82) is 0 Å². The number of anilines is 2. The van der Waals surface area contributed by atoms with Crippen molar-refractivity contribution >= 4 is 17.2 Å². The third-order valence-corrected chi connectivity index (χ3v) is 1.73. The van der Waals surface area contributed by atoms with Gasteiger partial charge in [-0.15, -0.1) is 0 Å². The highest BCUT2D eigenvalue weighted by molar-refractivity contribution is 5.96. The summed E-state index contributed by atoms with van der Waals surface area (Å²) in [5.41, 5.74) is 7.75. The van der Waals surface area contributed by atoms with Gasteiger partial charge in [-0.05, 0) is 25.1 Å². The Morgan fingerprint density at radius 2 is 2.17 bits per heavy atom. The van der Waals surface area contributed by atoms with Gasteiger partial charge in [0.1, 0.15) is 0 Å². The Morgan fingerprint density at radius 3 is 2.67 bits per heavy atom. The van der Waals surface area contributed by atoms with Crippen LogP contribution in [-0.4, -0.2) is 12.8 Å². The summed E-state index contributed by atoms with van der Waals surface area (Å²) in [5, 5.41) is 2.91. The number of rotatable bonds is 2.